The van der Waals surface area contributed by atoms with Gasteiger partial charge in [0.05, 0.1) is 41.2 Å². The lowest BCUT2D eigenvalue weighted by Gasteiger charge is -2.32. The number of ether oxygens (including phenoxy) is 1. The molecule has 1 unspecified atom stereocenters. The standard InChI is InChI=1S/C21H23ClN4O4S2/c1-30-17-9-8-16(22)19-18(17)24-21(31-19)26(13-15-7-3-4-10-23-15)20(27)14-6-5-11-25(12-14)32(2,28)29/h3-4,7-10,14H,5-6,11-13H2,1-2H3. The number of sulfonamides is 1. The van der Waals surface area contributed by atoms with Gasteiger partial charge in [0.25, 0.3) is 0 Å². The Bertz CT molecular complexity index is 1230. The first-order valence-corrected chi connectivity index (χ1v) is 13.1. The Morgan fingerprint density at radius 1 is 1.34 bits per heavy atom. The van der Waals surface area contributed by atoms with Gasteiger partial charge in [-0.2, -0.15) is 0 Å². The number of rotatable bonds is 6. The van der Waals surface area contributed by atoms with Crippen LogP contribution in [0.2, 0.25) is 5.02 Å². The number of nitrogens with zero attached hydrogens (tertiary/aromatic N) is 4. The van der Waals surface area contributed by atoms with Gasteiger partial charge in [0.1, 0.15) is 11.3 Å². The van der Waals surface area contributed by atoms with Crippen LogP contribution in [0.15, 0.2) is 36.5 Å². The average molecular weight is 495 g/mol. The molecule has 1 atom stereocenters. The predicted octanol–water partition coefficient (Wildman–Crippen LogP) is 3.56. The summed E-state index contributed by atoms with van der Waals surface area (Å²) >= 11 is 7.69. The van der Waals surface area contributed by atoms with Gasteiger partial charge >= 0.3 is 0 Å². The maximum Gasteiger partial charge on any atom is 0.233 e. The zero-order valence-corrected chi connectivity index (χ0v) is 20.1. The summed E-state index contributed by atoms with van der Waals surface area (Å²) in [5.41, 5.74) is 1.29. The number of halogens is 1. The molecular formula is C21H23ClN4O4S2. The van der Waals surface area contributed by atoms with Crippen molar-refractivity contribution in [1.82, 2.24) is 14.3 Å². The summed E-state index contributed by atoms with van der Waals surface area (Å²) in [7, 11) is -1.82. The van der Waals surface area contributed by atoms with Gasteiger partial charge in [-0.05, 0) is 37.1 Å². The molecule has 8 nitrogen and oxygen atoms in total. The second-order valence-electron chi connectivity index (χ2n) is 7.63. The summed E-state index contributed by atoms with van der Waals surface area (Å²) in [6.45, 7) is 0.803. The van der Waals surface area contributed by atoms with Gasteiger partial charge in [-0.1, -0.05) is 29.0 Å². The van der Waals surface area contributed by atoms with E-state index in [1.54, 1.807) is 30.3 Å². The van der Waals surface area contributed by atoms with Crippen LogP contribution in [-0.4, -0.2) is 55.1 Å². The number of methoxy groups -OCH3 is 1. The monoisotopic (exact) mass is 494 g/mol. The highest BCUT2D eigenvalue weighted by atomic mass is 35.5. The fourth-order valence-electron chi connectivity index (χ4n) is 3.78. The molecule has 3 aromatic rings. The third-order valence-corrected chi connectivity index (χ3v) is 8.22. The molecule has 3 heterocycles. The summed E-state index contributed by atoms with van der Waals surface area (Å²) in [5, 5.41) is 0.995. The van der Waals surface area contributed by atoms with Gasteiger partial charge in [-0.25, -0.2) is 17.7 Å². The molecule has 1 fully saturated rings. The van der Waals surface area contributed by atoms with E-state index in [1.807, 2.05) is 18.2 Å². The Balaban J connectivity index is 1.73. The number of fused-ring (bicyclic) bond motifs is 1. The van der Waals surface area contributed by atoms with E-state index in [9.17, 15) is 13.2 Å². The third-order valence-electron chi connectivity index (χ3n) is 5.41. The van der Waals surface area contributed by atoms with Crippen LogP contribution >= 0.6 is 22.9 Å². The van der Waals surface area contributed by atoms with Gasteiger partial charge < -0.3 is 4.74 Å². The number of hydrogen-bond acceptors (Lipinski definition) is 7. The molecule has 1 aliphatic heterocycles. The summed E-state index contributed by atoms with van der Waals surface area (Å²) < 4.78 is 31.6. The lowest BCUT2D eigenvalue weighted by molar-refractivity contribution is -0.123. The van der Waals surface area contributed by atoms with Crippen LogP contribution < -0.4 is 9.64 Å². The molecule has 0 N–H and O–H groups in total. The molecule has 0 spiro atoms. The maximum absolute atomic E-state index is 13.7. The van der Waals surface area contributed by atoms with Crippen LogP contribution in [0.3, 0.4) is 0 Å². The third kappa shape index (κ3) is 4.73. The van der Waals surface area contributed by atoms with E-state index >= 15 is 0 Å². The van der Waals surface area contributed by atoms with E-state index in [1.165, 1.54) is 21.9 Å². The van der Waals surface area contributed by atoms with Gasteiger partial charge in [0, 0.05) is 19.3 Å². The van der Waals surface area contributed by atoms with Gasteiger partial charge in [0.2, 0.25) is 15.9 Å². The highest BCUT2D eigenvalue weighted by Gasteiger charge is 2.34. The Kier molecular flexibility index (Phi) is 6.66. The number of benzene rings is 1. The number of amides is 1. The topological polar surface area (TPSA) is 92.7 Å². The minimum absolute atomic E-state index is 0.158. The number of thiazole rings is 1. The second-order valence-corrected chi connectivity index (χ2v) is 11.0. The summed E-state index contributed by atoms with van der Waals surface area (Å²) in [4.78, 5) is 24.3. The van der Waals surface area contributed by atoms with Crippen molar-refractivity contribution in [3.63, 3.8) is 0 Å². The molecule has 11 heteroatoms. The fraction of sp³-hybridized carbons (Fsp3) is 0.381. The first kappa shape index (κ1) is 22.9. The first-order chi connectivity index (χ1) is 15.3. The van der Waals surface area contributed by atoms with Crippen LogP contribution in [-0.2, 0) is 21.4 Å². The van der Waals surface area contributed by atoms with Crippen molar-refractivity contribution in [3.8, 4) is 5.75 Å². The Morgan fingerprint density at radius 2 is 2.16 bits per heavy atom. The SMILES string of the molecule is COc1ccc(Cl)c2sc(N(Cc3ccccn3)C(=O)C3CCCN(S(C)(=O)=O)C3)nc12. The highest BCUT2D eigenvalue weighted by molar-refractivity contribution is 7.88. The van der Waals surface area contributed by atoms with Crippen molar-refractivity contribution in [2.45, 2.75) is 19.4 Å². The smallest absolute Gasteiger partial charge is 0.233 e. The molecule has 2 aromatic heterocycles. The minimum Gasteiger partial charge on any atom is -0.494 e. The molecule has 170 valence electrons. The molecule has 4 rings (SSSR count). The number of carbonyl (C=O) groups excluding carboxylic acids is 1. The van der Waals surface area contributed by atoms with Gasteiger partial charge in [-0.3, -0.25) is 14.7 Å². The summed E-state index contributed by atoms with van der Waals surface area (Å²) in [6.07, 6.45) is 4.08. The predicted molar refractivity (Wildman–Crippen MR) is 126 cm³/mol. The number of piperidine rings is 1. The molecule has 0 radical (unpaired) electrons. The Morgan fingerprint density at radius 3 is 2.84 bits per heavy atom. The molecule has 0 bridgehead atoms. The van der Waals surface area contributed by atoms with Crippen LogP contribution in [0.4, 0.5) is 5.13 Å². The summed E-state index contributed by atoms with van der Waals surface area (Å²) in [6, 6.07) is 8.98. The summed E-state index contributed by atoms with van der Waals surface area (Å²) in [5.74, 6) is -0.0808. The van der Waals surface area contributed by atoms with Gasteiger partial charge in [0.15, 0.2) is 5.13 Å². The van der Waals surface area contributed by atoms with E-state index in [0.29, 0.717) is 46.5 Å². The Hall–Kier alpha value is -2.27. The fourth-order valence-corrected chi connectivity index (χ4v) is 5.95. The van der Waals surface area contributed by atoms with Crippen LogP contribution in [0, 0.1) is 5.92 Å². The first-order valence-electron chi connectivity index (χ1n) is 10.1. The molecule has 0 aliphatic carbocycles. The quantitative estimate of drug-likeness (QED) is 0.520. The largest absolute Gasteiger partial charge is 0.494 e. The minimum atomic E-state index is -3.37. The van der Waals surface area contributed by atoms with Gasteiger partial charge in [-0.15, -0.1) is 0 Å². The average Bonchev–Trinajstić information content (AvgIpc) is 3.24. The number of anilines is 1. The van der Waals surface area contributed by atoms with Crippen molar-refractivity contribution in [3.05, 3.63) is 47.2 Å². The second kappa shape index (κ2) is 9.30. The zero-order chi connectivity index (χ0) is 22.9. The van der Waals surface area contributed by atoms with Crippen molar-refractivity contribution in [2.75, 3.05) is 31.4 Å². The molecule has 0 saturated carbocycles. The lowest BCUT2D eigenvalue weighted by Crippen LogP contribution is -2.46. The van der Waals surface area contributed by atoms with Crippen molar-refractivity contribution in [1.29, 1.82) is 0 Å². The maximum atomic E-state index is 13.7. The lowest BCUT2D eigenvalue weighted by atomic mass is 9.98. The van der Waals surface area contributed by atoms with E-state index in [0.717, 1.165) is 4.70 Å². The van der Waals surface area contributed by atoms with E-state index in [2.05, 4.69) is 9.97 Å². The zero-order valence-electron chi connectivity index (χ0n) is 17.7. The molecule has 1 aromatic carbocycles. The molecule has 32 heavy (non-hydrogen) atoms. The molecule has 1 aliphatic rings. The van der Waals surface area contributed by atoms with E-state index in [-0.39, 0.29) is 19.0 Å². The molecular weight excluding hydrogens is 472 g/mol. The molecule has 1 saturated heterocycles. The normalized spacial score (nSPS) is 17.4. The number of aromatic nitrogens is 2. The van der Waals surface area contributed by atoms with Crippen molar-refractivity contribution in [2.24, 2.45) is 5.92 Å². The molecule has 1 amide bonds. The highest BCUT2D eigenvalue weighted by Crippen LogP contribution is 2.39. The van der Waals surface area contributed by atoms with Crippen LogP contribution in [0.25, 0.3) is 10.2 Å². The van der Waals surface area contributed by atoms with Crippen molar-refractivity contribution < 1.29 is 17.9 Å². The van der Waals surface area contributed by atoms with E-state index < -0.39 is 15.9 Å². The number of carbonyl (C=O) groups is 1. The number of pyridine rings is 1. The number of hydrogen-bond donors (Lipinski definition) is 0. The van der Waals surface area contributed by atoms with Crippen LogP contribution in [0.1, 0.15) is 18.5 Å². The Labute approximate surface area is 195 Å². The van der Waals surface area contributed by atoms with E-state index in [4.69, 9.17) is 16.3 Å². The van der Waals surface area contributed by atoms with Crippen LogP contribution in [0.5, 0.6) is 5.75 Å². The van der Waals surface area contributed by atoms with Crippen molar-refractivity contribution >= 4 is 54.2 Å².